The lowest BCUT2D eigenvalue weighted by molar-refractivity contribution is 0.102. The monoisotopic (exact) mass is 529 g/mol. The maximum absolute atomic E-state index is 12.9. The van der Waals surface area contributed by atoms with Crippen molar-refractivity contribution in [2.45, 2.75) is 19.3 Å². The summed E-state index contributed by atoms with van der Waals surface area (Å²) in [6.07, 6.45) is 2.66. The normalized spacial score (nSPS) is 10.5. The van der Waals surface area contributed by atoms with Gasteiger partial charge in [0.15, 0.2) is 0 Å². The Morgan fingerprint density at radius 3 is 2.03 bits per heavy atom. The Bertz CT molecular complexity index is 1230. The second kappa shape index (κ2) is 12.8. The number of ether oxygens (including phenoxy) is 2. The fourth-order valence-electron chi connectivity index (χ4n) is 3.68. The highest BCUT2D eigenvalue weighted by Gasteiger charge is 2.12. The van der Waals surface area contributed by atoms with Gasteiger partial charge in [-0.25, -0.2) is 0 Å². The van der Waals surface area contributed by atoms with Gasteiger partial charge in [0, 0.05) is 12.0 Å². The summed E-state index contributed by atoms with van der Waals surface area (Å²) in [7, 11) is 0. The van der Waals surface area contributed by atoms with Crippen molar-refractivity contribution in [2.24, 2.45) is 0 Å². The van der Waals surface area contributed by atoms with Crippen LogP contribution in [0, 0.1) is 0 Å². The average molecular weight is 530 g/mol. The maximum Gasteiger partial charge on any atom is 0.255 e. The van der Waals surface area contributed by atoms with Crippen molar-refractivity contribution in [2.75, 3.05) is 18.5 Å². The van der Waals surface area contributed by atoms with Crippen molar-refractivity contribution in [3.8, 4) is 11.5 Å². The van der Waals surface area contributed by atoms with Crippen LogP contribution in [0.4, 0.5) is 5.69 Å². The van der Waals surface area contributed by atoms with Crippen LogP contribution in [0.5, 0.6) is 11.5 Å². The second-order valence-corrected chi connectivity index (χ2v) is 8.97. The molecule has 1 amide bonds. The molecule has 0 saturated carbocycles. The van der Waals surface area contributed by atoms with Gasteiger partial charge >= 0.3 is 0 Å². The number of benzene rings is 4. The van der Waals surface area contributed by atoms with Crippen LogP contribution >= 0.6 is 15.9 Å². The topological polar surface area (TPSA) is 47.6 Å². The van der Waals surface area contributed by atoms with Crippen LogP contribution in [0.15, 0.2) is 108 Å². The molecule has 0 aliphatic rings. The van der Waals surface area contributed by atoms with E-state index in [1.54, 1.807) is 12.1 Å². The first-order valence-electron chi connectivity index (χ1n) is 11.7. The zero-order valence-corrected chi connectivity index (χ0v) is 21.0. The van der Waals surface area contributed by atoms with E-state index in [-0.39, 0.29) is 5.91 Å². The van der Waals surface area contributed by atoms with Gasteiger partial charge in [-0.1, -0.05) is 72.8 Å². The summed E-state index contributed by atoms with van der Waals surface area (Å²) in [6.45, 7) is 1.13. The molecule has 0 radical (unpaired) electrons. The minimum absolute atomic E-state index is 0.207. The van der Waals surface area contributed by atoms with Crippen LogP contribution in [0.1, 0.15) is 27.9 Å². The SMILES string of the molecule is O=C(Nc1ccccc1OCCCc1ccccc1)c1ccc(OCCc2ccccc2)c(Br)c1. The van der Waals surface area contributed by atoms with E-state index >= 15 is 0 Å². The predicted octanol–water partition coefficient (Wildman–Crippen LogP) is 7.33. The van der Waals surface area contributed by atoms with E-state index in [9.17, 15) is 4.79 Å². The number of hydrogen-bond donors (Lipinski definition) is 1. The Hall–Kier alpha value is -3.57. The van der Waals surface area contributed by atoms with Gasteiger partial charge in [0.05, 0.1) is 23.4 Å². The molecule has 0 spiro atoms. The number of hydrogen-bond acceptors (Lipinski definition) is 3. The fraction of sp³-hybridized carbons (Fsp3) is 0.167. The zero-order chi connectivity index (χ0) is 24.3. The third-order valence-electron chi connectivity index (χ3n) is 5.53. The van der Waals surface area contributed by atoms with E-state index in [1.807, 2.05) is 66.7 Å². The molecule has 0 atom stereocenters. The lowest BCUT2D eigenvalue weighted by Gasteiger charge is -2.13. The van der Waals surface area contributed by atoms with Crippen molar-refractivity contribution >= 4 is 27.5 Å². The molecule has 4 aromatic rings. The molecule has 178 valence electrons. The van der Waals surface area contributed by atoms with Crippen molar-refractivity contribution in [3.05, 3.63) is 124 Å². The highest BCUT2D eigenvalue weighted by molar-refractivity contribution is 9.10. The molecule has 35 heavy (non-hydrogen) atoms. The molecular formula is C30H28BrNO3. The van der Waals surface area contributed by atoms with Gasteiger partial charge in [0.2, 0.25) is 0 Å². The molecule has 0 aliphatic carbocycles. The average Bonchev–Trinajstić information content (AvgIpc) is 2.89. The Labute approximate surface area is 215 Å². The van der Waals surface area contributed by atoms with E-state index in [0.29, 0.717) is 36.0 Å². The molecule has 0 bridgehead atoms. The fourth-order valence-corrected chi connectivity index (χ4v) is 4.17. The molecule has 5 heteroatoms. The molecule has 4 aromatic carbocycles. The highest BCUT2D eigenvalue weighted by atomic mass is 79.9. The van der Waals surface area contributed by atoms with Gasteiger partial charge in [-0.3, -0.25) is 4.79 Å². The quantitative estimate of drug-likeness (QED) is 0.207. The molecule has 4 nitrogen and oxygen atoms in total. The van der Waals surface area contributed by atoms with Gasteiger partial charge in [-0.05, 0) is 70.2 Å². The minimum atomic E-state index is -0.207. The van der Waals surface area contributed by atoms with Crippen molar-refractivity contribution in [3.63, 3.8) is 0 Å². The van der Waals surface area contributed by atoms with Gasteiger partial charge < -0.3 is 14.8 Å². The molecule has 0 heterocycles. The summed E-state index contributed by atoms with van der Waals surface area (Å²) in [4.78, 5) is 12.9. The molecule has 0 aliphatic heterocycles. The van der Waals surface area contributed by atoms with E-state index in [1.165, 1.54) is 11.1 Å². The van der Waals surface area contributed by atoms with Gasteiger partial charge in [-0.2, -0.15) is 0 Å². The number of carbonyl (C=O) groups excluding carboxylic acids is 1. The Morgan fingerprint density at radius 1 is 0.686 bits per heavy atom. The van der Waals surface area contributed by atoms with Crippen molar-refractivity contribution in [1.29, 1.82) is 0 Å². The van der Waals surface area contributed by atoms with Gasteiger partial charge in [-0.15, -0.1) is 0 Å². The van der Waals surface area contributed by atoms with E-state index < -0.39 is 0 Å². The number of anilines is 1. The predicted molar refractivity (Wildman–Crippen MR) is 144 cm³/mol. The number of aryl methyl sites for hydroxylation is 1. The molecule has 0 fully saturated rings. The molecule has 1 N–H and O–H groups in total. The van der Waals surface area contributed by atoms with Crippen LogP contribution in [0.3, 0.4) is 0 Å². The number of nitrogens with one attached hydrogen (secondary N) is 1. The van der Waals surface area contributed by atoms with Gasteiger partial charge in [0.1, 0.15) is 11.5 Å². The first-order chi connectivity index (χ1) is 17.2. The van der Waals surface area contributed by atoms with Crippen LogP contribution in [-0.2, 0) is 12.8 Å². The lowest BCUT2D eigenvalue weighted by atomic mass is 10.1. The smallest absolute Gasteiger partial charge is 0.255 e. The number of amides is 1. The number of para-hydroxylation sites is 2. The zero-order valence-electron chi connectivity index (χ0n) is 19.5. The largest absolute Gasteiger partial charge is 0.492 e. The molecular weight excluding hydrogens is 502 g/mol. The van der Waals surface area contributed by atoms with Crippen LogP contribution < -0.4 is 14.8 Å². The second-order valence-electron chi connectivity index (χ2n) is 8.12. The molecule has 0 saturated heterocycles. The van der Waals surface area contributed by atoms with Gasteiger partial charge in [0.25, 0.3) is 5.91 Å². The standard InChI is InChI=1S/C30H28BrNO3/c31-26-22-25(17-18-28(26)35-21-19-24-12-5-2-6-13-24)30(33)32-27-15-7-8-16-29(27)34-20-9-14-23-10-3-1-4-11-23/h1-8,10-13,15-18,22H,9,14,19-21H2,(H,32,33). The van der Waals surface area contributed by atoms with E-state index in [2.05, 4.69) is 45.5 Å². The van der Waals surface area contributed by atoms with Crippen LogP contribution in [-0.4, -0.2) is 19.1 Å². The summed E-state index contributed by atoms with van der Waals surface area (Å²) >= 11 is 3.53. The third kappa shape index (κ3) is 7.46. The summed E-state index contributed by atoms with van der Waals surface area (Å²) in [5.74, 6) is 1.16. The highest BCUT2D eigenvalue weighted by Crippen LogP contribution is 2.28. The van der Waals surface area contributed by atoms with E-state index in [4.69, 9.17) is 9.47 Å². The van der Waals surface area contributed by atoms with Crippen molar-refractivity contribution in [1.82, 2.24) is 0 Å². The van der Waals surface area contributed by atoms with Crippen molar-refractivity contribution < 1.29 is 14.3 Å². The third-order valence-corrected chi connectivity index (χ3v) is 6.15. The summed E-state index contributed by atoms with van der Waals surface area (Å²) in [5.41, 5.74) is 3.69. The summed E-state index contributed by atoms with van der Waals surface area (Å²) in [5, 5.41) is 2.97. The summed E-state index contributed by atoms with van der Waals surface area (Å²) < 4.78 is 12.6. The van der Waals surface area contributed by atoms with E-state index in [0.717, 1.165) is 23.7 Å². The maximum atomic E-state index is 12.9. The van der Waals surface area contributed by atoms with Crippen LogP contribution in [0.25, 0.3) is 0 Å². The molecule has 4 rings (SSSR count). The number of carbonyl (C=O) groups is 1. The summed E-state index contributed by atoms with van der Waals surface area (Å²) in [6, 6.07) is 33.4. The Kier molecular flexibility index (Phi) is 8.96. The number of halogens is 1. The first kappa shape index (κ1) is 24.6. The first-order valence-corrected chi connectivity index (χ1v) is 12.5. The van der Waals surface area contributed by atoms with Crippen LogP contribution in [0.2, 0.25) is 0 Å². The molecule has 0 aromatic heterocycles. The Balaban J connectivity index is 1.30. The minimum Gasteiger partial charge on any atom is -0.492 e. The lowest BCUT2D eigenvalue weighted by Crippen LogP contribution is -2.13. The number of rotatable bonds is 11. The molecule has 0 unspecified atom stereocenters. The Morgan fingerprint density at radius 2 is 1.31 bits per heavy atom.